The lowest BCUT2D eigenvalue weighted by atomic mass is 10.2. The first-order chi connectivity index (χ1) is 6.74. The van der Waals surface area contributed by atoms with Gasteiger partial charge in [0.05, 0.1) is 6.61 Å². The average Bonchev–Trinajstić information content (AvgIpc) is 2.21. The highest BCUT2D eigenvalue weighted by molar-refractivity contribution is 5.69. The van der Waals surface area contributed by atoms with Crippen LogP contribution in [0.25, 0.3) is 0 Å². The highest BCUT2D eigenvalue weighted by atomic mass is 16.7. The molecule has 0 N–H and O–H groups in total. The third kappa shape index (κ3) is 6.86. The van der Waals surface area contributed by atoms with Crippen molar-refractivity contribution < 1.29 is 19.0 Å². The van der Waals surface area contributed by atoms with Crippen LogP contribution < -0.4 is 0 Å². The second-order valence-corrected chi connectivity index (χ2v) is 3.04. The molecular formula is C10H20O4. The number of carbonyl (C=O) groups is 1. The summed E-state index contributed by atoms with van der Waals surface area (Å²) in [6.07, 6.45) is 2.41. The first-order valence-corrected chi connectivity index (χ1v) is 4.95. The Morgan fingerprint density at radius 1 is 1.36 bits per heavy atom. The van der Waals surface area contributed by atoms with E-state index < -0.39 is 6.29 Å². The van der Waals surface area contributed by atoms with E-state index in [1.807, 2.05) is 6.92 Å². The molecule has 14 heavy (non-hydrogen) atoms. The highest BCUT2D eigenvalue weighted by Gasteiger charge is 2.12. The van der Waals surface area contributed by atoms with Crippen LogP contribution >= 0.6 is 0 Å². The lowest BCUT2D eigenvalue weighted by molar-refractivity contribution is -0.176. The third-order valence-electron chi connectivity index (χ3n) is 1.82. The standard InChI is InChI=1S/C10H20O4/c1-4-5-6-9(11)14-10(13-3)7-8-12-2/h10H,4-8H2,1-3H3. The molecular weight excluding hydrogens is 184 g/mol. The van der Waals surface area contributed by atoms with Crippen LogP contribution in [0.4, 0.5) is 0 Å². The number of rotatable bonds is 8. The zero-order chi connectivity index (χ0) is 10.8. The van der Waals surface area contributed by atoms with E-state index in [2.05, 4.69) is 0 Å². The quantitative estimate of drug-likeness (QED) is 0.446. The predicted octanol–water partition coefficient (Wildman–Crippen LogP) is 1.73. The monoisotopic (exact) mass is 204 g/mol. The van der Waals surface area contributed by atoms with Crippen LogP contribution in [-0.4, -0.2) is 33.1 Å². The molecule has 4 nitrogen and oxygen atoms in total. The number of hydrogen-bond donors (Lipinski definition) is 0. The molecule has 0 radical (unpaired) electrons. The topological polar surface area (TPSA) is 44.8 Å². The van der Waals surface area contributed by atoms with Gasteiger partial charge in [0.25, 0.3) is 0 Å². The molecule has 0 aromatic rings. The first kappa shape index (κ1) is 13.4. The molecule has 0 rings (SSSR count). The van der Waals surface area contributed by atoms with Gasteiger partial charge in [0.1, 0.15) is 0 Å². The van der Waals surface area contributed by atoms with Gasteiger partial charge in [-0.1, -0.05) is 13.3 Å². The highest BCUT2D eigenvalue weighted by Crippen LogP contribution is 2.04. The van der Waals surface area contributed by atoms with E-state index in [0.29, 0.717) is 19.4 Å². The number of hydrogen-bond acceptors (Lipinski definition) is 4. The largest absolute Gasteiger partial charge is 0.436 e. The third-order valence-corrected chi connectivity index (χ3v) is 1.82. The molecule has 0 aromatic carbocycles. The molecule has 0 aromatic heterocycles. The molecule has 0 aliphatic carbocycles. The van der Waals surface area contributed by atoms with E-state index in [4.69, 9.17) is 14.2 Å². The summed E-state index contributed by atoms with van der Waals surface area (Å²) >= 11 is 0. The molecule has 0 saturated heterocycles. The van der Waals surface area contributed by atoms with Crippen molar-refractivity contribution in [2.24, 2.45) is 0 Å². The molecule has 1 atom stereocenters. The Labute approximate surface area is 85.5 Å². The molecule has 0 spiro atoms. The second-order valence-electron chi connectivity index (χ2n) is 3.04. The fourth-order valence-corrected chi connectivity index (χ4v) is 0.966. The summed E-state index contributed by atoms with van der Waals surface area (Å²) in [6, 6.07) is 0. The molecule has 0 aliphatic heterocycles. The van der Waals surface area contributed by atoms with E-state index in [1.54, 1.807) is 7.11 Å². The molecule has 84 valence electrons. The van der Waals surface area contributed by atoms with Crippen molar-refractivity contribution >= 4 is 5.97 Å². The first-order valence-electron chi connectivity index (χ1n) is 4.95. The van der Waals surface area contributed by atoms with Gasteiger partial charge in [-0.2, -0.15) is 0 Å². The molecule has 4 heteroatoms. The maximum atomic E-state index is 11.2. The molecule has 1 unspecified atom stereocenters. The van der Waals surface area contributed by atoms with Gasteiger partial charge in [0, 0.05) is 27.1 Å². The fraction of sp³-hybridized carbons (Fsp3) is 0.900. The van der Waals surface area contributed by atoms with Gasteiger partial charge in [-0.05, 0) is 6.42 Å². The van der Waals surface area contributed by atoms with Crippen molar-refractivity contribution in [3.05, 3.63) is 0 Å². The predicted molar refractivity (Wildman–Crippen MR) is 52.9 cm³/mol. The van der Waals surface area contributed by atoms with Crippen LogP contribution in [0.1, 0.15) is 32.6 Å². The minimum Gasteiger partial charge on any atom is -0.436 e. The van der Waals surface area contributed by atoms with Gasteiger partial charge < -0.3 is 14.2 Å². The fourth-order valence-electron chi connectivity index (χ4n) is 0.966. The van der Waals surface area contributed by atoms with Gasteiger partial charge in [-0.25, -0.2) is 0 Å². The van der Waals surface area contributed by atoms with E-state index in [9.17, 15) is 4.79 Å². The lowest BCUT2D eigenvalue weighted by Crippen LogP contribution is -2.21. The van der Waals surface area contributed by atoms with E-state index in [-0.39, 0.29) is 5.97 Å². The minimum atomic E-state index is -0.473. The Morgan fingerprint density at radius 2 is 2.07 bits per heavy atom. The van der Waals surface area contributed by atoms with Gasteiger partial charge >= 0.3 is 5.97 Å². The summed E-state index contributed by atoms with van der Waals surface area (Å²) < 4.78 is 14.9. The number of esters is 1. The van der Waals surface area contributed by atoms with Crippen LogP contribution in [-0.2, 0) is 19.0 Å². The van der Waals surface area contributed by atoms with Gasteiger partial charge in [0.2, 0.25) is 6.29 Å². The number of unbranched alkanes of at least 4 members (excludes halogenated alkanes) is 1. The van der Waals surface area contributed by atoms with Crippen LogP contribution in [0.5, 0.6) is 0 Å². The van der Waals surface area contributed by atoms with Crippen molar-refractivity contribution in [1.29, 1.82) is 0 Å². The Hall–Kier alpha value is -0.610. The SMILES string of the molecule is CCCCC(=O)OC(CCOC)OC. The Kier molecular flexibility index (Phi) is 8.57. The Bertz CT molecular complexity index is 147. The van der Waals surface area contributed by atoms with E-state index in [1.165, 1.54) is 7.11 Å². The maximum absolute atomic E-state index is 11.2. The van der Waals surface area contributed by atoms with Crippen molar-refractivity contribution in [2.75, 3.05) is 20.8 Å². The molecule has 0 aliphatic rings. The van der Waals surface area contributed by atoms with Crippen molar-refractivity contribution in [2.45, 2.75) is 38.9 Å². The summed E-state index contributed by atoms with van der Waals surface area (Å²) in [5.74, 6) is -0.199. The minimum absolute atomic E-state index is 0.199. The summed E-state index contributed by atoms with van der Waals surface area (Å²) in [5.41, 5.74) is 0. The molecule has 0 amide bonds. The van der Waals surface area contributed by atoms with E-state index >= 15 is 0 Å². The van der Waals surface area contributed by atoms with Crippen molar-refractivity contribution in [3.63, 3.8) is 0 Å². The summed E-state index contributed by atoms with van der Waals surface area (Å²) in [4.78, 5) is 11.2. The molecule has 0 heterocycles. The number of carbonyl (C=O) groups excluding carboxylic acids is 1. The Morgan fingerprint density at radius 3 is 2.57 bits per heavy atom. The molecule has 0 saturated carbocycles. The smallest absolute Gasteiger partial charge is 0.308 e. The maximum Gasteiger partial charge on any atom is 0.308 e. The second kappa shape index (κ2) is 8.97. The zero-order valence-electron chi connectivity index (χ0n) is 9.25. The van der Waals surface area contributed by atoms with Crippen LogP contribution in [0.15, 0.2) is 0 Å². The summed E-state index contributed by atoms with van der Waals surface area (Å²) in [6.45, 7) is 2.56. The lowest BCUT2D eigenvalue weighted by Gasteiger charge is -2.15. The molecule has 0 fully saturated rings. The van der Waals surface area contributed by atoms with Gasteiger partial charge in [0.15, 0.2) is 0 Å². The zero-order valence-corrected chi connectivity index (χ0v) is 9.25. The van der Waals surface area contributed by atoms with Crippen LogP contribution in [0, 0.1) is 0 Å². The summed E-state index contributed by atoms with van der Waals surface area (Å²) in [5, 5.41) is 0. The summed E-state index contributed by atoms with van der Waals surface area (Å²) in [7, 11) is 3.12. The average molecular weight is 204 g/mol. The van der Waals surface area contributed by atoms with Gasteiger partial charge in [-0.3, -0.25) is 4.79 Å². The number of methoxy groups -OCH3 is 2. The van der Waals surface area contributed by atoms with Gasteiger partial charge in [-0.15, -0.1) is 0 Å². The van der Waals surface area contributed by atoms with Crippen LogP contribution in [0.3, 0.4) is 0 Å². The number of ether oxygens (including phenoxy) is 3. The van der Waals surface area contributed by atoms with Crippen molar-refractivity contribution in [1.82, 2.24) is 0 Å². The van der Waals surface area contributed by atoms with Crippen molar-refractivity contribution in [3.8, 4) is 0 Å². The van der Waals surface area contributed by atoms with Crippen LogP contribution in [0.2, 0.25) is 0 Å². The normalized spacial score (nSPS) is 12.5. The Balaban J connectivity index is 3.62. The van der Waals surface area contributed by atoms with E-state index in [0.717, 1.165) is 12.8 Å². The molecule has 0 bridgehead atoms.